The van der Waals surface area contributed by atoms with Crippen molar-refractivity contribution in [3.63, 3.8) is 0 Å². The van der Waals surface area contributed by atoms with Crippen molar-refractivity contribution in [1.29, 1.82) is 0 Å². The largest absolute Gasteiger partial charge is 0.339 e. The number of benzene rings is 1. The van der Waals surface area contributed by atoms with Gasteiger partial charge in [0.15, 0.2) is 0 Å². The summed E-state index contributed by atoms with van der Waals surface area (Å²) in [6.07, 6.45) is 2.06. The van der Waals surface area contributed by atoms with Crippen molar-refractivity contribution in [2.45, 2.75) is 33.6 Å². The molecule has 118 valence electrons. The van der Waals surface area contributed by atoms with Crippen LogP contribution in [0.1, 0.15) is 64.7 Å². The molecule has 3 amide bonds. The fourth-order valence-electron chi connectivity index (χ4n) is 2.70. The summed E-state index contributed by atoms with van der Waals surface area (Å²) in [7, 11) is 0. The first-order chi connectivity index (χ1) is 10.5. The summed E-state index contributed by atoms with van der Waals surface area (Å²) < 4.78 is 0. The molecule has 1 N–H and O–H groups in total. The number of hydrogen-bond acceptors (Lipinski definition) is 3. The van der Waals surface area contributed by atoms with E-state index in [0.29, 0.717) is 30.1 Å². The van der Waals surface area contributed by atoms with E-state index in [-0.39, 0.29) is 11.5 Å². The Morgan fingerprint density at radius 3 is 2.32 bits per heavy atom. The summed E-state index contributed by atoms with van der Waals surface area (Å²) >= 11 is 0. The zero-order valence-corrected chi connectivity index (χ0v) is 13.3. The minimum absolute atomic E-state index is 0.0932. The highest BCUT2D eigenvalue weighted by molar-refractivity contribution is 6.22. The molecule has 0 unspecified atom stereocenters. The Labute approximate surface area is 130 Å². The number of nitrogens with zero attached hydrogens (tertiary/aromatic N) is 1. The smallest absolute Gasteiger partial charge is 0.258 e. The van der Waals surface area contributed by atoms with Gasteiger partial charge in [0.25, 0.3) is 17.7 Å². The molecule has 2 rings (SSSR count). The fraction of sp³-hybridized carbons (Fsp3) is 0.471. The average Bonchev–Trinajstić information content (AvgIpc) is 2.82. The molecular weight excluding hydrogens is 280 g/mol. The number of imide groups is 1. The number of fused-ring (bicyclic) bond motifs is 1. The summed E-state index contributed by atoms with van der Waals surface area (Å²) in [4.78, 5) is 37.7. The Balaban J connectivity index is 2.23. The normalized spacial score (nSPS) is 13.3. The zero-order valence-electron chi connectivity index (χ0n) is 13.3. The second kappa shape index (κ2) is 6.73. The van der Waals surface area contributed by atoms with Crippen LogP contribution in [0.15, 0.2) is 18.2 Å². The molecule has 0 saturated heterocycles. The fourth-order valence-corrected chi connectivity index (χ4v) is 2.70. The molecule has 0 radical (unpaired) electrons. The second-order valence-electron chi connectivity index (χ2n) is 5.57. The highest BCUT2D eigenvalue weighted by Crippen LogP contribution is 2.19. The van der Waals surface area contributed by atoms with E-state index >= 15 is 0 Å². The van der Waals surface area contributed by atoms with Gasteiger partial charge >= 0.3 is 0 Å². The van der Waals surface area contributed by atoms with Crippen LogP contribution in [0.25, 0.3) is 0 Å². The van der Waals surface area contributed by atoms with Crippen molar-refractivity contribution in [1.82, 2.24) is 10.2 Å². The lowest BCUT2D eigenvalue weighted by Gasteiger charge is -2.25. The molecule has 1 aliphatic heterocycles. The van der Waals surface area contributed by atoms with E-state index in [1.165, 1.54) is 6.07 Å². The van der Waals surface area contributed by atoms with Gasteiger partial charge in [-0.2, -0.15) is 0 Å². The van der Waals surface area contributed by atoms with Crippen molar-refractivity contribution in [3.8, 4) is 0 Å². The van der Waals surface area contributed by atoms with Gasteiger partial charge in [0.05, 0.1) is 11.1 Å². The van der Waals surface area contributed by atoms with Crippen LogP contribution in [0.2, 0.25) is 0 Å². The van der Waals surface area contributed by atoms with Gasteiger partial charge in [-0.05, 0) is 31.0 Å². The Morgan fingerprint density at radius 1 is 1.09 bits per heavy atom. The summed E-state index contributed by atoms with van der Waals surface area (Å²) in [6.45, 7) is 7.53. The molecule has 1 aliphatic rings. The van der Waals surface area contributed by atoms with E-state index in [1.54, 1.807) is 17.0 Å². The molecule has 0 spiro atoms. The van der Waals surface area contributed by atoms with Crippen LogP contribution in [0.3, 0.4) is 0 Å². The molecule has 0 aromatic heterocycles. The van der Waals surface area contributed by atoms with Crippen LogP contribution >= 0.6 is 0 Å². The third kappa shape index (κ3) is 3.03. The lowest BCUT2D eigenvalue weighted by Crippen LogP contribution is -2.35. The van der Waals surface area contributed by atoms with Crippen molar-refractivity contribution in [2.75, 3.05) is 13.1 Å². The van der Waals surface area contributed by atoms with Gasteiger partial charge in [0.1, 0.15) is 0 Å². The van der Waals surface area contributed by atoms with Crippen molar-refractivity contribution < 1.29 is 14.4 Å². The Morgan fingerprint density at radius 2 is 1.73 bits per heavy atom. The maximum Gasteiger partial charge on any atom is 0.258 e. The average molecular weight is 302 g/mol. The highest BCUT2D eigenvalue weighted by atomic mass is 16.2. The van der Waals surface area contributed by atoms with Crippen molar-refractivity contribution in [3.05, 3.63) is 34.9 Å². The molecular formula is C17H22N2O3. The third-order valence-electron chi connectivity index (χ3n) is 4.29. The number of rotatable bonds is 6. The molecule has 1 heterocycles. The van der Waals surface area contributed by atoms with Crippen LogP contribution in [0.5, 0.6) is 0 Å². The van der Waals surface area contributed by atoms with Gasteiger partial charge in [-0.3, -0.25) is 19.7 Å². The molecule has 5 nitrogen and oxygen atoms in total. The van der Waals surface area contributed by atoms with E-state index in [4.69, 9.17) is 0 Å². The third-order valence-corrected chi connectivity index (χ3v) is 4.29. The summed E-state index contributed by atoms with van der Waals surface area (Å²) in [5.74, 6) is -0.450. The molecule has 0 aliphatic carbocycles. The summed E-state index contributed by atoms with van der Waals surface area (Å²) in [5.41, 5.74) is 1.08. The van der Waals surface area contributed by atoms with E-state index in [0.717, 1.165) is 12.8 Å². The zero-order chi connectivity index (χ0) is 16.3. The van der Waals surface area contributed by atoms with Crippen LogP contribution in [-0.2, 0) is 0 Å². The van der Waals surface area contributed by atoms with E-state index in [2.05, 4.69) is 19.2 Å². The molecule has 0 bridgehead atoms. The first kappa shape index (κ1) is 16.2. The maximum absolute atomic E-state index is 12.6. The van der Waals surface area contributed by atoms with Crippen LogP contribution in [-0.4, -0.2) is 35.7 Å². The molecule has 1 aromatic rings. The van der Waals surface area contributed by atoms with Crippen molar-refractivity contribution in [2.24, 2.45) is 5.92 Å². The van der Waals surface area contributed by atoms with E-state index < -0.39 is 11.8 Å². The van der Waals surface area contributed by atoms with Crippen LogP contribution < -0.4 is 5.32 Å². The Bertz CT molecular complexity index is 606. The first-order valence-corrected chi connectivity index (χ1v) is 7.80. The summed E-state index contributed by atoms with van der Waals surface area (Å²) in [6, 6.07) is 4.69. The molecule has 1 aromatic carbocycles. The number of hydrogen-bond donors (Lipinski definition) is 1. The van der Waals surface area contributed by atoms with Gasteiger partial charge < -0.3 is 4.90 Å². The minimum Gasteiger partial charge on any atom is -0.339 e. The summed E-state index contributed by atoms with van der Waals surface area (Å²) in [5, 5.41) is 2.24. The van der Waals surface area contributed by atoms with E-state index in [1.807, 2.05) is 6.92 Å². The lowest BCUT2D eigenvalue weighted by molar-refractivity contribution is 0.0734. The first-order valence-electron chi connectivity index (χ1n) is 7.80. The molecule has 22 heavy (non-hydrogen) atoms. The Kier molecular flexibility index (Phi) is 4.96. The van der Waals surface area contributed by atoms with Gasteiger partial charge in [0, 0.05) is 18.7 Å². The molecule has 5 heteroatoms. The number of carbonyl (C=O) groups excluding carboxylic acids is 3. The van der Waals surface area contributed by atoms with Crippen LogP contribution in [0.4, 0.5) is 0 Å². The van der Waals surface area contributed by atoms with Gasteiger partial charge in [-0.1, -0.05) is 26.7 Å². The monoisotopic (exact) mass is 302 g/mol. The van der Waals surface area contributed by atoms with Gasteiger partial charge in [-0.25, -0.2) is 0 Å². The number of nitrogens with one attached hydrogen (secondary N) is 1. The van der Waals surface area contributed by atoms with Crippen LogP contribution in [0, 0.1) is 5.92 Å². The minimum atomic E-state index is -0.433. The number of carbonyl (C=O) groups is 3. The number of amides is 3. The van der Waals surface area contributed by atoms with Gasteiger partial charge in [-0.15, -0.1) is 0 Å². The molecule has 0 fully saturated rings. The quantitative estimate of drug-likeness (QED) is 0.821. The second-order valence-corrected chi connectivity index (χ2v) is 5.57. The van der Waals surface area contributed by atoms with E-state index in [9.17, 15) is 14.4 Å². The predicted molar refractivity (Wildman–Crippen MR) is 83.9 cm³/mol. The highest BCUT2D eigenvalue weighted by Gasteiger charge is 2.28. The molecule has 0 atom stereocenters. The topological polar surface area (TPSA) is 66.5 Å². The van der Waals surface area contributed by atoms with Crippen molar-refractivity contribution >= 4 is 17.7 Å². The standard InChI is InChI=1S/C17H22N2O3/c1-4-11(5-2)10-19(6-3)17(22)12-7-8-13-14(9-12)16(21)18-15(13)20/h7-9,11H,4-6,10H2,1-3H3,(H,18,20,21). The predicted octanol–water partition coefficient (Wildman–Crippen LogP) is 2.47. The lowest BCUT2D eigenvalue weighted by atomic mass is 10.0. The SMILES string of the molecule is CCC(CC)CN(CC)C(=O)c1ccc2c(c1)C(=O)NC2=O. The Hall–Kier alpha value is -2.17. The maximum atomic E-state index is 12.6. The molecule has 0 saturated carbocycles. The van der Waals surface area contributed by atoms with Gasteiger partial charge in [0.2, 0.25) is 0 Å².